The summed E-state index contributed by atoms with van der Waals surface area (Å²) in [5, 5.41) is 2.60. The lowest BCUT2D eigenvalue weighted by atomic mass is 10.0. The number of amides is 1. The van der Waals surface area contributed by atoms with Crippen molar-refractivity contribution >= 4 is 21.7 Å². The predicted molar refractivity (Wildman–Crippen MR) is 101 cm³/mol. The fraction of sp³-hybridized carbons (Fsp3) is 0.611. The van der Waals surface area contributed by atoms with Gasteiger partial charge in [0.2, 0.25) is 5.91 Å². The Morgan fingerprint density at radius 1 is 1.37 bits per heavy atom. The van der Waals surface area contributed by atoms with E-state index in [0.29, 0.717) is 19.3 Å². The summed E-state index contributed by atoms with van der Waals surface area (Å²) in [7, 11) is -3.89. The average molecular weight is 397 g/mol. The van der Waals surface area contributed by atoms with Gasteiger partial charge in [0.05, 0.1) is 18.6 Å². The molecule has 0 aromatic carbocycles. The fourth-order valence-corrected chi connectivity index (χ4v) is 4.68. The molecule has 1 aromatic rings. The number of Topliss-reactive ketones (excluding diaryl/α,β-unsaturated/α-hetero) is 1. The molecule has 0 spiro atoms. The zero-order chi connectivity index (χ0) is 20.2. The SMILES string of the molecule is CC(C)C[C@H](N)C(=O)N[C@@H]1CC[C@H](C)N(S(=O)(=O)c2ccccn2)CC1=O. The number of nitrogens with two attached hydrogens (primary N) is 1. The molecular weight excluding hydrogens is 368 g/mol. The number of nitrogens with zero attached hydrogens (tertiary/aromatic N) is 2. The first-order valence-corrected chi connectivity index (χ1v) is 10.6. The summed E-state index contributed by atoms with van der Waals surface area (Å²) in [6, 6.07) is 2.81. The van der Waals surface area contributed by atoms with Crippen molar-refractivity contribution in [2.24, 2.45) is 11.7 Å². The minimum atomic E-state index is -3.89. The van der Waals surface area contributed by atoms with E-state index < -0.39 is 22.1 Å². The molecule has 27 heavy (non-hydrogen) atoms. The number of rotatable bonds is 6. The van der Waals surface area contributed by atoms with Gasteiger partial charge in [-0.05, 0) is 44.2 Å². The van der Waals surface area contributed by atoms with Gasteiger partial charge in [0.25, 0.3) is 10.0 Å². The van der Waals surface area contributed by atoms with E-state index in [-0.39, 0.29) is 35.2 Å². The van der Waals surface area contributed by atoms with Gasteiger partial charge in [-0.1, -0.05) is 19.9 Å². The Hall–Kier alpha value is -1.84. The second-order valence-corrected chi connectivity index (χ2v) is 9.25. The number of carbonyl (C=O) groups is 2. The number of pyridine rings is 1. The van der Waals surface area contributed by atoms with E-state index in [1.165, 1.54) is 12.3 Å². The highest BCUT2D eigenvalue weighted by Gasteiger charge is 2.37. The quantitative estimate of drug-likeness (QED) is 0.729. The predicted octanol–water partition coefficient (Wildman–Crippen LogP) is 0.682. The molecule has 1 fully saturated rings. The van der Waals surface area contributed by atoms with E-state index in [0.717, 1.165) is 4.31 Å². The van der Waals surface area contributed by atoms with Gasteiger partial charge in [-0.3, -0.25) is 9.59 Å². The Morgan fingerprint density at radius 3 is 2.67 bits per heavy atom. The van der Waals surface area contributed by atoms with E-state index in [2.05, 4.69) is 10.3 Å². The molecule has 2 heterocycles. The monoisotopic (exact) mass is 396 g/mol. The van der Waals surface area contributed by atoms with Gasteiger partial charge in [-0.25, -0.2) is 13.4 Å². The summed E-state index contributed by atoms with van der Waals surface area (Å²) in [6.07, 6.45) is 2.73. The number of nitrogens with one attached hydrogen (secondary N) is 1. The number of aromatic nitrogens is 1. The van der Waals surface area contributed by atoms with Crippen LogP contribution in [0.3, 0.4) is 0 Å². The van der Waals surface area contributed by atoms with Gasteiger partial charge in [-0.2, -0.15) is 4.31 Å². The summed E-state index contributed by atoms with van der Waals surface area (Å²) in [6.45, 7) is 5.38. The van der Waals surface area contributed by atoms with Crippen molar-refractivity contribution in [3.63, 3.8) is 0 Å². The molecule has 1 aliphatic heterocycles. The Labute approximate surface area is 160 Å². The molecule has 1 amide bonds. The van der Waals surface area contributed by atoms with Crippen LogP contribution in [0.15, 0.2) is 29.4 Å². The highest BCUT2D eigenvalue weighted by Crippen LogP contribution is 2.22. The van der Waals surface area contributed by atoms with Crippen LogP contribution in [0.1, 0.15) is 40.0 Å². The van der Waals surface area contributed by atoms with E-state index in [1.807, 2.05) is 13.8 Å². The first kappa shape index (κ1) is 21.5. The third-order valence-corrected chi connectivity index (χ3v) is 6.53. The molecule has 1 aliphatic rings. The van der Waals surface area contributed by atoms with Crippen LogP contribution in [-0.2, 0) is 19.6 Å². The second-order valence-electron chi connectivity index (χ2n) is 7.41. The third kappa shape index (κ3) is 5.33. The van der Waals surface area contributed by atoms with Gasteiger partial charge in [-0.15, -0.1) is 0 Å². The summed E-state index contributed by atoms with van der Waals surface area (Å²) < 4.78 is 26.9. The van der Waals surface area contributed by atoms with Gasteiger partial charge in [0.1, 0.15) is 0 Å². The molecule has 8 nitrogen and oxygen atoms in total. The van der Waals surface area contributed by atoms with E-state index in [1.54, 1.807) is 19.1 Å². The van der Waals surface area contributed by atoms with Crippen LogP contribution in [0, 0.1) is 5.92 Å². The molecule has 1 aromatic heterocycles. The Bertz CT molecular complexity index is 767. The number of hydrogen-bond donors (Lipinski definition) is 2. The summed E-state index contributed by atoms with van der Waals surface area (Å²) >= 11 is 0. The molecule has 9 heteroatoms. The molecule has 0 radical (unpaired) electrons. The zero-order valence-electron chi connectivity index (χ0n) is 16.0. The molecule has 1 saturated heterocycles. The van der Waals surface area contributed by atoms with Crippen LogP contribution in [-0.4, -0.2) is 54.1 Å². The molecular formula is C18H28N4O4S. The molecule has 0 saturated carbocycles. The minimum absolute atomic E-state index is 0.0916. The first-order valence-electron chi connectivity index (χ1n) is 9.14. The summed E-state index contributed by atoms with van der Waals surface area (Å²) in [5.41, 5.74) is 5.88. The first-order chi connectivity index (χ1) is 12.6. The third-order valence-electron chi connectivity index (χ3n) is 4.65. The zero-order valence-corrected chi connectivity index (χ0v) is 16.8. The lowest BCUT2D eigenvalue weighted by molar-refractivity contribution is -0.128. The van der Waals surface area contributed by atoms with Crippen LogP contribution in [0.4, 0.5) is 0 Å². The van der Waals surface area contributed by atoms with E-state index in [9.17, 15) is 18.0 Å². The molecule has 3 N–H and O–H groups in total. The van der Waals surface area contributed by atoms with Crippen molar-refractivity contribution in [3.05, 3.63) is 24.4 Å². The number of ketones is 1. The highest BCUT2D eigenvalue weighted by molar-refractivity contribution is 7.89. The van der Waals surface area contributed by atoms with Crippen molar-refractivity contribution in [3.8, 4) is 0 Å². The number of sulfonamides is 1. The smallest absolute Gasteiger partial charge is 0.261 e. The van der Waals surface area contributed by atoms with E-state index >= 15 is 0 Å². The van der Waals surface area contributed by atoms with Gasteiger partial charge >= 0.3 is 0 Å². The maximum Gasteiger partial charge on any atom is 0.261 e. The van der Waals surface area contributed by atoms with Crippen LogP contribution >= 0.6 is 0 Å². The van der Waals surface area contributed by atoms with Crippen LogP contribution < -0.4 is 11.1 Å². The van der Waals surface area contributed by atoms with Crippen molar-refractivity contribution in [2.75, 3.05) is 6.54 Å². The Balaban J connectivity index is 2.13. The van der Waals surface area contributed by atoms with Crippen LogP contribution in [0.2, 0.25) is 0 Å². The van der Waals surface area contributed by atoms with Crippen molar-refractivity contribution < 1.29 is 18.0 Å². The summed E-state index contributed by atoms with van der Waals surface area (Å²) in [5.74, 6) is -0.464. The normalized spacial score (nSPS) is 23.1. The molecule has 0 unspecified atom stereocenters. The van der Waals surface area contributed by atoms with Crippen LogP contribution in [0.5, 0.6) is 0 Å². The van der Waals surface area contributed by atoms with Crippen molar-refractivity contribution in [1.82, 2.24) is 14.6 Å². The van der Waals surface area contributed by atoms with Crippen LogP contribution in [0.25, 0.3) is 0 Å². The highest BCUT2D eigenvalue weighted by atomic mass is 32.2. The van der Waals surface area contributed by atoms with Crippen molar-refractivity contribution in [2.45, 2.75) is 63.2 Å². The van der Waals surface area contributed by atoms with Crippen molar-refractivity contribution in [1.29, 1.82) is 0 Å². The molecule has 2 rings (SSSR count). The molecule has 3 atom stereocenters. The maximum absolute atomic E-state index is 12.9. The second kappa shape index (κ2) is 8.90. The Morgan fingerprint density at radius 2 is 2.07 bits per heavy atom. The maximum atomic E-state index is 12.9. The lowest BCUT2D eigenvalue weighted by Crippen LogP contribution is -2.50. The number of hydrogen-bond acceptors (Lipinski definition) is 6. The Kier molecular flexibility index (Phi) is 7.07. The van der Waals surface area contributed by atoms with E-state index in [4.69, 9.17) is 5.73 Å². The molecule has 150 valence electrons. The minimum Gasteiger partial charge on any atom is -0.345 e. The molecule has 0 aliphatic carbocycles. The van der Waals surface area contributed by atoms with Gasteiger partial charge in [0.15, 0.2) is 10.8 Å². The standard InChI is InChI=1S/C18H28N4O4S/c1-12(2)10-14(19)18(24)21-15-8-7-13(3)22(11-16(15)23)27(25,26)17-6-4-5-9-20-17/h4-6,9,12-15H,7-8,10-11,19H2,1-3H3,(H,21,24)/t13-,14-,15+/m0/s1. The fourth-order valence-electron chi connectivity index (χ4n) is 3.12. The topological polar surface area (TPSA) is 122 Å². The summed E-state index contributed by atoms with van der Waals surface area (Å²) in [4.78, 5) is 28.8. The number of carbonyl (C=O) groups excluding carboxylic acids is 2. The average Bonchev–Trinajstić information content (AvgIpc) is 2.75. The van der Waals surface area contributed by atoms with Gasteiger partial charge in [0, 0.05) is 12.2 Å². The van der Waals surface area contributed by atoms with Gasteiger partial charge < -0.3 is 11.1 Å². The largest absolute Gasteiger partial charge is 0.345 e. The lowest BCUT2D eigenvalue weighted by Gasteiger charge is -2.24. The molecule has 0 bridgehead atoms.